The molecule has 0 atom stereocenters. The van der Waals surface area contributed by atoms with Gasteiger partial charge in [-0.15, -0.1) is 0 Å². The molecule has 1 aliphatic rings. The third-order valence-electron chi connectivity index (χ3n) is 5.18. The average Bonchev–Trinajstić information content (AvgIpc) is 2.77. The molecule has 1 heterocycles. The maximum absolute atomic E-state index is 13.2. The maximum atomic E-state index is 13.2. The number of anilines is 2. The quantitative estimate of drug-likeness (QED) is 0.631. The second kappa shape index (κ2) is 10.0. The van der Waals surface area contributed by atoms with Gasteiger partial charge in [0.15, 0.2) is 5.78 Å². The number of morpholine rings is 1. The molecular weight excluding hydrogens is 425 g/mol. The number of methoxy groups -OCH3 is 1. The molecule has 1 amide bonds. The Balaban J connectivity index is 1.74. The first-order chi connectivity index (χ1) is 15.2. The van der Waals surface area contributed by atoms with Crippen molar-refractivity contribution in [3.63, 3.8) is 0 Å². The lowest BCUT2D eigenvalue weighted by atomic mass is 10.0. The lowest BCUT2D eigenvalue weighted by molar-refractivity contribution is -0.137. The molecule has 1 saturated heterocycles. The lowest BCUT2D eigenvalue weighted by Gasteiger charge is -2.31. The van der Waals surface area contributed by atoms with Gasteiger partial charge in [-0.1, -0.05) is 11.6 Å². The van der Waals surface area contributed by atoms with Crippen LogP contribution in [0.2, 0.25) is 0 Å². The molecule has 0 unspecified atom stereocenters. The molecule has 0 aromatic heterocycles. The number of benzene rings is 2. The Labute approximate surface area is 184 Å². The summed E-state index contributed by atoms with van der Waals surface area (Å²) in [6.45, 7) is 3.73. The van der Waals surface area contributed by atoms with Crippen molar-refractivity contribution in [1.29, 1.82) is 0 Å². The van der Waals surface area contributed by atoms with E-state index < -0.39 is 17.6 Å². The SMILES string of the molecule is COc1ccc(C)cc1C(=O)CCC(=O)Nc1cc(C(F)(F)F)ccc1N1CCOCC1. The number of carbonyl (C=O) groups excluding carboxylic acids is 2. The van der Waals surface area contributed by atoms with E-state index >= 15 is 0 Å². The number of Topliss-reactive ketones (excluding diaryl/α,β-unsaturated/α-hetero) is 1. The zero-order valence-electron chi connectivity index (χ0n) is 17.9. The predicted molar refractivity (Wildman–Crippen MR) is 114 cm³/mol. The number of aryl methyl sites for hydroxylation is 1. The van der Waals surface area contributed by atoms with Crippen molar-refractivity contribution in [2.24, 2.45) is 0 Å². The van der Waals surface area contributed by atoms with Gasteiger partial charge in [-0.2, -0.15) is 13.2 Å². The first kappa shape index (κ1) is 23.6. The van der Waals surface area contributed by atoms with Crippen molar-refractivity contribution >= 4 is 23.1 Å². The lowest BCUT2D eigenvalue weighted by Crippen LogP contribution is -2.36. The van der Waals surface area contributed by atoms with Gasteiger partial charge in [-0.05, 0) is 37.3 Å². The summed E-state index contributed by atoms with van der Waals surface area (Å²) in [6, 6.07) is 8.44. The molecule has 3 rings (SSSR count). The van der Waals surface area contributed by atoms with E-state index in [4.69, 9.17) is 9.47 Å². The molecule has 0 saturated carbocycles. The normalized spacial score (nSPS) is 14.2. The fraction of sp³-hybridized carbons (Fsp3) is 0.391. The van der Waals surface area contributed by atoms with Gasteiger partial charge in [-0.3, -0.25) is 9.59 Å². The van der Waals surface area contributed by atoms with E-state index in [9.17, 15) is 22.8 Å². The van der Waals surface area contributed by atoms with Gasteiger partial charge < -0.3 is 19.7 Å². The molecule has 1 fully saturated rings. The number of ketones is 1. The molecule has 0 radical (unpaired) electrons. The number of alkyl halides is 3. The van der Waals surface area contributed by atoms with Crippen molar-refractivity contribution in [2.45, 2.75) is 25.9 Å². The van der Waals surface area contributed by atoms with Gasteiger partial charge in [0.1, 0.15) is 5.75 Å². The summed E-state index contributed by atoms with van der Waals surface area (Å²) in [6.07, 6.45) is -4.81. The Morgan fingerprint density at radius 3 is 2.47 bits per heavy atom. The van der Waals surface area contributed by atoms with Gasteiger partial charge in [0.25, 0.3) is 0 Å². The van der Waals surface area contributed by atoms with E-state index in [0.717, 1.165) is 17.7 Å². The summed E-state index contributed by atoms with van der Waals surface area (Å²) >= 11 is 0. The zero-order valence-corrected chi connectivity index (χ0v) is 17.9. The predicted octanol–water partition coefficient (Wildman–Crippen LogP) is 4.46. The van der Waals surface area contributed by atoms with Crippen LogP contribution in [-0.4, -0.2) is 45.1 Å². The van der Waals surface area contributed by atoms with Crippen LogP contribution < -0.4 is 15.0 Å². The van der Waals surface area contributed by atoms with Crippen LogP contribution >= 0.6 is 0 Å². The van der Waals surface area contributed by atoms with Crippen LogP contribution in [0.1, 0.15) is 34.3 Å². The van der Waals surface area contributed by atoms with Crippen LogP contribution in [0.5, 0.6) is 5.75 Å². The highest BCUT2D eigenvalue weighted by molar-refractivity contribution is 6.02. The summed E-state index contributed by atoms with van der Waals surface area (Å²) in [5, 5.41) is 2.56. The second-order valence-electron chi connectivity index (χ2n) is 7.50. The number of nitrogens with one attached hydrogen (secondary N) is 1. The van der Waals surface area contributed by atoms with Gasteiger partial charge in [-0.25, -0.2) is 0 Å². The third-order valence-corrected chi connectivity index (χ3v) is 5.18. The number of ether oxygens (including phenoxy) is 2. The number of hydrogen-bond donors (Lipinski definition) is 1. The fourth-order valence-corrected chi connectivity index (χ4v) is 3.51. The summed E-state index contributed by atoms with van der Waals surface area (Å²) in [7, 11) is 1.45. The number of rotatable bonds is 7. The van der Waals surface area contributed by atoms with E-state index in [2.05, 4.69) is 5.32 Å². The average molecular weight is 450 g/mol. The van der Waals surface area contributed by atoms with E-state index in [-0.39, 0.29) is 24.3 Å². The van der Waals surface area contributed by atoms with Gasteiger partial charge in [0.2, 0.25) is 5.91 Å². The first-order valence-corrected chi connectivity index (χ1v) is 10.2. The van der Waals surface area contributed by atoms with Crippen LogP contribution in [0.4, 0.5) is 24.5 Å². The van der Waals surface area contributed by atoms with E-state index in [0.29, 0.717) is 43.3 Å². The van der Waals surface area contributed by atoms with Crippen LogP contribution in [-0.2, 0) is 15.7 Å². The molecule has 1 N–H and O–H groups in total. The standard InChI is InChI=1S/C23H25F3N2O4/c1-15-3-7-21(31-2)17(13-15)20(29)6-8-22(30)27-18-14-16(23(24,25)26)4-5-19(18)28-9-11-32-12-10-28/h3-5,7,13-14H,6,8-12H2,1-2H3,(H,27,30). The molecule has 1 aliphatic heterocycles. The number of amides is 1. The van der Waals surface area contributed by atoms with Crippen molar-refractivity contribution < 1.29 is 32.2 Å². The largest absolute Gasteiger partial charge is 0.496 e. The van der Waals surface area contributed by atoms with E-state index in [1.54, 1.807) is 12.1 Å². The number of hydrogen-bond acceptors (Lipinski definition) is 5. The number of nitrogens with zero attached hydrogens (tertiary/aromatic N) is 1. The van der Waals surface area contributed by atoms with Crippen molar-refractivity contribution in [1.82, 2.24) is 0 Å². The van der Waals surface area contributed by atoms with Crippen molar-refractivity contribution in [2.75, 3.05) is 43.6 Å². The molecule has 2 aromatic rings. The highest BCUT2D eigenvalue weighted by Gasteiger charge is 2.32. The Hall–Kier alpha value is -3.07. The minimum Gasteiger partial charge on any atom is -0.496 e. The molecule has 0 aliphatic carbocycles. The van der Waals surface area contributed by atoms with Crippen LogP contribution in [0.15, 0.2) is 36.4 Å². The summed E-state index contributed by atoms with van der Waals surface area (Å²) in [5.74, 6) is -0.412. The Bertz CT molecular complexity index is 986. The Morgan fingerprint density at radius 2 is 1.81 bits per heavy atom. The molecule has 0 spiro atoms. The molecule has 9 heteroatoms. The molecule has 2 aromatic carbocycles. The van der Waals surface area contributed by atoms with Gasteiger partial charge in [0, 0.05) is 25.9 Å². The number of carbonyl (C=O) groups is 2. The molecule has 0 bridgehead atoms. The minimum atomic E-state index is -4.54. The Morgan fingerprint density at radius 1 is 1.09 bits per heavy atom. The molecule has 6 nitrogen and oxygen atoms in total. The summed E-state index contributed by atoms with van der Waals surface area (Å²) in [4.78, 5) is 27.0. The Kier molecular flexibility index (Phi) is 7.40. The van der Waals surface area contributed by atoms with Crippen molar-refractivity contribution in [3.05, 3.63) is 53.1 Å². The number of halogens is 3. The van der Waals surface area contributed by atoms with Crippen LogP contribution in [0, 0.1) is 6.92 Å². The van der Waals surface area contributed by atoms with Crippen LogP contribution in [0.3, 0.4) is 0 Å². The van der Waals surface area contributed by atoms with E-state index in [1.807, 2.05) is 17.9 Å². The minimum absolute atomic E-state index is 0.0623. The highest BCUT2D eigenvalue weighted by Crippen LogP contribution is 2.36. The molecule has 32 heavy (non-hydrogen) atoms. The monoisotopic (exact) mass is 450 g/mol. The van der Waals surface area contributed by atoms with Gasteiger partial charge >= 0.3 is 6.18 Å². The third kappa shape index (κ3) is 5.79. The van der Waals surface area contributed by atoms with Crippen molar-refractivity contribution in [3.8, 4) is 5.75 Å². The topological polar surface area (TPSA) is 67.9 Å². The zero-order chi connectivity index (χ0) is 23.3. The maximum Gasteiger partial charge on any atom is 0.416 e. The molecular formula is C23H25F3N2O4. The molecule has 172 valence electrons. The fourth-order valence-electron chi connectivity index (χ4n) is 3.51. The summed E-state index contributed by atoms with van der Waals surface area (Å²) in [5.41, 5.74) is 0.935. The highest BCUT2D eigenvalue weighted by atomic mass is 19.4. The van der Waals surface area contributed by atoms with Crippen LogP contribution in [0.25, 0.3) is 0 Å². The second-order valence-corrected chi connectivity index (χ2v) is 7.50. The van der Waals surface area contributed by atoms with Gasteiger partial charge in [0.05, 0.1) is 42.8 Å². The first-order valence-electron chi connectivity index (χ1n) is 10.2. The summed E-state index contributed by atoms with van der Waals surface area (Å²) < 4.78 is 50.2. The smallest absolute Gasteiger partial charge is 0.416 e. The van der Waals surface area contributed by atoms with E-state index in [1.165, 1.54) is 13.2 Å².